The molecule has 2 rings (SSSR count). The van der Waals surface area contributed by atoms with Crippen LogP contribution in [0.4, 0.5) is 0 Å². The average Bonchev–Trinajstić information content (AvgIpc) is 2.56. The molecule has 2 nitrogen and oxygen atoms in total. The summed E-state index contributed by atoms with van der Waals surface area (Å²) in [6.07, 6.45) is 0.379. The van der Waals surface area contributed by atoms with Crippen LogP contribution in [-0.4, -0.2) is 16.8 Å². The summed E-state index contributed by atoms with van der Waals surface area (Å²) in [4.78, 5) is 0. The van der Waals surface area contributed by atoms with Gasteiger partial charge in [0.15, 0.2) is 5.60 Å². The van der Waals surface area contributed by atoms with Crippen molar-refractivity contribution in [2.45, 2.75) is 12.0 Å². The van der Waals surface area contributed by atoms with Gasteiger partial charge in [-0.1, -0.05) is 66.6 Å². The van der Waals surface area contributed by atoms with Crippen LogP contribution in [0.3, 0.4) is 0 Å². The predicted octanol–water partition coefficient (Wildman–Crippen LogP) is 2.31. The highest BCUT2D eigenvalue weighted by atomic mass is 16.3. The van der Waals surface area contributed by atoms with Gasteiger partial charge in [0.1, 0.15) is 0 Å². The second-order valence-corrected chi connectivity index (χ2v) is 4.47. The third kappa shape index (κ3) is 3.74. The zero-order valence-electron chi connectivity index (χ0n) is 11.6. The first kappa shape index (κ1) is 14.9. The van der Waals surface area contributed by atoms with Gasteiger partial charge in [-0.25, -0.2) is 0 Å². The third-order valence-electron chi connectivity index (χ3n) is 3.01. The van der Waals surface area contributed by atoms with Crippen LogP contribution in [0.15, 0.2) is 60.7 Å². The Morgan fingerprint density at radius 3 is 1.81 bits per heavy atom. The monoisotopic (exact) mass is 276 g/mol. The van der Waals surface area contributed by atoms with Crippen LogP contribution in [0.5, 0.6) is 0 Å². The lowest BCUT2D eigenvalue weighted by Crippen LogP contribution is -2.25. The molecule has 0 saturated carbocycles. The molecule has 0 amide bonds. The zero-order chi connectivity index (χ0) is 15.0. The van der Waals surface area contributed by atoms with Crippen molar-refractivity contribution in [1.29, 1.82) is 0 Å². The second kappa shape index (κ2) is 7.31. The summed E-state index contributed by atoms with van der Waals surface area (Å²) >= 11 is 0. The van der Waals surface area contributed by atoms with Crippen LogP contribution in [-0.2, 0) is 5.60 Å². The summed E-state index contributed by atoms with van der Waals surface area (Å²) in [6, 6.07) is 18.6. The highest BCUT2D eigenvalue weighted by molar-refractivity contribution is 5.46. The summed E-state index contributed by atoms with van der Waals surface area (Å²) in [6.45, 7) is 0.0102. The molecular formula is C19H16O2. The fraction of sp³-hybridized carbons (Fsp3) is 0.158. The fourth-order valence-corrected chi connectivity index (χ4v) is 1.95. The molecule has 0 radical (unpaired) electrons. The smallest absolute Gasteiger partial charge is 0.177 e. The molecule has 0 atom stereocenters. The van der Waals surface area contributed by atoms with E-state index in [9.17, 15) is 5.11 Å². The molecule has 2 heteroatoms. The van der Waals surface area contributed by atoms with Gasteiger partial charge in [0.25, 0.3) is 0 Å². The van der Waals surface area contributed by atoms with Crippen molar-refractivity contribution in [3.63, 3.8) is 0 Å². The molecule has 21 heavy (non-hydrogen) atoms. The number of benzene rings is 2. The number of aliphatic hydroxyl groups excluding tert-OH is 1. The van der Waals surface area contributed by atoms with E-state index in [2.05, 4.69) is 23.7 Å². The van der Waals surface area contributed by atoms with Crippen molar-refractivity contribution >= 4 is 0 Å². The van der Waals surface area contributed by atoms with Crippen LogP contribution < -0.4 is 0 Å². The maximum Gasteiger partial charge on any atom is 0.177 e. The molecule has 0 spiro atoms. The van der Waals surface area contributed by atoms with E-state index in [0.717, 1.165) is 0 Å². The largest absolute Gasteiger partial charge is 0.395 e. The normalized spacial score (nSPS) is 10.0. The molecule has 0 bridgehead atoms. The van der Waals surface area contributed by atoms with E-state index in [0.29, 0.717) is 17.5 Å². The Balaban J connectivity index is 2.44. The Morgan fingerprint density at radius 2 is 1.33 bits per heavy atom. The van der Waals surface area contributed by atoms with E-state index >= 15 is 0 Å². The van der Waals surface area contributed by atoms with Gasteiger partial charge >= 0.3 is 0 Å². The van der Waals surface area contributed by atoms with Gasteiger partial charge < -0.3 is 10.2 Å². The maximum atomic E-state index is 11.0. The third-order valence-corrected chi connectivity index (χ3v) is 3.01. The van der Waals surface area contributed by atoms with Gasteiger partial charge in [-0.05, 0) is 17.8 Å². The first-order valence-electron chi connectivity index (χ1n) is 6.71. The molecule has 2 N–H and O–H groups in total. The maximum absolute atomic E-state index is 11.0. The topological polar surface area (TPSA) is 40.5 Å². The Kier molecular flexibility index (Phi) is 5.18. The van der Waals surface area contributed by atoms with Crippen LogP contribution in [0, 0.1) is 23.7 Å². The number of hydrogen-bond acceptors (Lipinski definition) is 2. The molecule has 0 aliphatic heterocycles. The molecule has 104 valence electrons. The Labute approximate surface area is 125 Å². The first-order valence-corrected chi connectivity index (χ1v) is 6.71. The minimum atomic E-state index is -1.39. The van der Waals surface area contributed by atoms with E-state index in [1.165, 1.54) is 0 Å². The van der Waals surface area contributed by atoms with Crippen molar-refractivity contribution in [1.82, 2.24) is 0 Å². The van der Waals surface area contributed by atoms with E-state index in [1.807, 2.05) is 60.7 Å². The summed E-state index contributed by atoms with van der Waals surface area (Å²) in [5.41, 5.74) is 0.0106. The number of hydrogen-bond donors (Lipinski definition) is 2. The zero-order valence-corrected chi connectivity index (χ0v) is 11.6. The van der Waals surface area contributed by atoms with Gasteiger partial charge in [0.05, 0.1) is 6.61 Å². The van der Waals surface area contributed by atoms with Crippen LogP contribution >= 0.6 is 0 Å². The molecule has 2 aromatic carbocycles. The first-order chi connectivity index (χ1) is 10.3. The van der Waals surface area contributed by atoms with E-state index in [1.54, 1.807) is 0 Å². The van der Waals surface area contributed by atoms with Gasteiger partial charge in [0.2, 0.25) is 0 Å². The van der Waals surface area contributed by atoms with Crippen LogP contribution in [0.1, 0.15) is 17.5 Å². The predicted molar refractivity (Wildman–Crippen MR) is 83.1 cm³/mol. The summed E-state index contributed by atoms with van der Waals surface area (Å²) < 4.78 is 0. The quantitative estimate of drug-likeness (QED) is 0.845. The van der Waals surface area contributed by atoms with Crippen molar-refractivity contribution < 1.29 is 10.2 Å². The molecule has 0 fully saturated rings. The standard InChI is InChI=1S/C19H16O2/c20-16-10-2-1-9-15-19(21,17-11-5-3-6-12-17)18-13-7-4-8-14-18/h3-8,11-14,20-21H,10,16H2. The van der Waals surface area contributed by atoms with Crippen LogP contribution in [0.25, 0.3) is 0 Å². The fourth-order valence-electron chi connectivity index (χ4n) is 1.95. The van der Waals surface area contributed by atoms with Gasteiger partial charge in [-0.15, -0.1) is 0 Å². The number of rotatable bonds is 3. The SMILES string of the molecule is OCCC#CC#CC(O)(c1ccccc1)c1ccccc1. The average molecular weight is 276 g/mol. The molecule has 0 aromatic heterocycles. The van der Waals surface area contributed by atoms with Gasteiger partial charge in [-0.3, -0.25) is 0 Å². The Bertz CT molecular complexity index is 643. The molecule has 2 aromatic rings. The number of aliphatic hydroxyl groups is 2. The molecule has 0 saturated heterocycles. The Hall–Kier alpha value is -2.52. The minimum Gasteiger partial charge on any atom is -0.395 e. The van der Waals surface area contributed by atoms with Gasteiger partial charge in [-0.2, -0.15) is 0 Å². The lowest BCUT2D eigenvalue weighted by Gasteiger charge is -2.23. The van der Waals surface area contributed by atoms with Crippen LogP contribution in [0.2, 0.25) is 0 Å². The summed E-state index contributed by atoms with van der Waals surface area (Å²) in [5.74, 6) is 10.9. The highest BCUT2D eigenvalue weighted by Crippen LogP contribution is 2.28. The molecule has 0 aliphatic rings. The van der Waals surface area contributed by atoms with Crippen molar-refractivity contribution in [3.8, 4) is 23.7 Å². The van der Waals surface area contributed by atoms with Gasteiger partial charge in [0, 0.05) is 17.5 Å². The van der Waals surface area contributed by atoms with E-state index in [4.69, 9.17) is 5.11 Å². The molecule has 0 aliphatic carbocycles. The van der Waals surface area contributed by atoms with Crippen molar-refractivity contribution in [2.75, 3.05) is 6.61 Å². The molecule has 0 unspecified atom stereocenters. The Morgan fingerprint density at radius 1 is 0.810 bits per heavy atom. The van der Waals surface area contributed by atoms with E-state index < -0.39 is 5.60 Å². The van der Waals surface area contributed by atoms with Crippen molar-refractivity contribution in [2.24, 2.45) is 0 Å². The second-order valence-electron chi connectivity index (χ2n) is 4.47. The van der Waals surface area contributed by atoms with Crippen molar-refractivity contribution in [3.05, 3.63) is 71.8 Å². The molecule has 0 heterocycles. The molecular weight excluding hydrogens is 260 g/mol. The minimum absolute atomic E-state index is 0.0102. The summed E-state index contributed by atoms with van der Waals surface area (Å²) in [7, 11) is 0. The lowest BCUT2D eigenvalue weighted by atomic mass is 9.87. The lowest BCUT2D eigenvalue weighted by molar-refractivity contribution is 0.145. The summed E-state index contributed by atoms with van der Waals surface area (Å²) in [5, 5.41) is 19.7. The van der Waals surface area contributed by atoms with E-state index in [-0.39, 0.29) is 6.61 Å². The highest BCUT2D eigenvalue weighted by Gasteiger charge is 2.28.